The summed E-state index contributed by atoms with van der Waals surface area (Å²) < 4.78 is 0. The van der Waals surface area contributed by atoms with Crippen molar-refractivity contribution in [1.29, 1.82) is 0 Å². The van der Waals surface area contributed by atoms with Gasteiger partial charge in [-0.3, -0.25) is 10.1 Å². The van der Waals surface area contributed by atoms with Crippen molar-refractivity contribution < 1.29 is 4.92 Å². The number of hydrogen-bond acceptors (Lipinski definition) is 3. The number of nitro groups is 1. The topological polar surface area (TPSA) is 55.2 Å². The minimum atomic E-state index is -0.407. The molecule has 18 heavy (non-hydrogen) atoms. The van der Waals surface area contributed by atoms with E-state index in [-0.39, 0.29) is 11.7 Å². The fourth-order valence-corrected chi connectivity index (χ4v) is 1.83. The zero-order chi connectivity index (χ0) is 13.5. The molecule has 0 aliphatic carbocycles. The molecule has 1 N–H and O–H groups in total. The first kappa shape index (κ1) is 14.5. The molecule has 1 atom stereocenters. The summed E-state index contributed by atoms with van der Waals surface area (Å²) in [5.74, 6) is 2.58. The number of nitrogens with zero attached hydrogens (tertiary/aromatic N) is 1. The number of benzene rings is 1. The Kier molecular flexibility index (Phi) is 5.63. The monoisotopic (exact) mass is 266 g/mol. The molecule has 0 aromatic heterocycles. The van der Waals surface area contributed by atoms with Gasteiger partial charge >= 0.3 is 0 Å². The average Bonchev–Trinajstić information content (AvgIpc) is 2.34. The van der Waals surface area contributed by atoms with Crippen LogP contribution >= 0.6 is 11.6 Å². The van der Waals surface area contributed by atoms with Gasteiger partial charge in [0, 0.05) is 35.7 Å². The number of halogens is 1. The minimum absolute atomic E-state index is 0.0717. The van der Waals surface area contributed by atoms with Gasteiger partial charge in [0.15, 0.2) is 0 Å². The van der Waals surface area contributed by atoms with Crippen molar-refractivity contribution in [1.82, 2.24) is 5.32 Å². The van der Waals surface area contributed by atoms with Crippen LogP contribution in [0.5, 0.6) is 0 Å². The second-order valence-corrected chi connectivity index (χ2v) is 4.36. The van der Waals surface area contributed by atoms with Gasteiger partial charge in [-0.2, -0.15) is 0 Å². The number of terminal acetylenes is 1. The van der Waals surface area contributed by atoms with Crippen molar-refractivity contribution in [2.24, 2.45) is 0 Å². The number of rotatable bonds is 6. The van der Waals surface area contributed by atoms with E-state index in [1.165, 1.54) is 12.1 Å². The quantitative estimate of drug-likeness (QED) is 0.489. The molecule has 1 aromatic rings. The van der Waals surface area contributed by atoms with Gasteiger partial charge < -0.3 is 5.32 Å². The molecule has 96 valence electrons. The van der Waals surface area contributed by atoms with Gasteiger partial charge in [0.1, 0.15) is 0 Å². The van der Waals surface area contributed by atoms with Crippen molar-refractivity contribution in [2.45, 2.75) is 32.4 Å². The van der Waals surface area contributed by atoms with E-state index in [0.717, 1.165) is 6.42 Å². The second-order valence-electron chi connectivity index (χ2n) is 3.92. The van der Waals surface area contributed by atoms with Gasteiger partial charge in [-0.25, -0.2) is 0 Å². The fraction of sp³-hybridized carbons (Fsp3) is 0.385. The molecule has 0 saturated carbocycles. The summed E-state index contributed by atoms with van der Waals surface area (Å²) in [6.07, 6.45) is 6.73. The maximum atomic E-state index is 10.9. The SMILES string of the molecule is C#CCC(CC)NCc1cc(Cl)ccc1[N+](=O)[O-]. The van der Waals surface area contributed by atoms with Crippen LogP contribution in [0, 0.1) is 22.5 Å². The summed E-state index contributed by atoms with van der Waals surface area (Å²) in [7, 11) is 0. The number of nitro benzene ring substituents is 1. The van der Waals surface area contributed by atoms with E-state index in [1.54, 1.807) is 6.07 Å². The lowest BCUT2D eigenvalue weighted by molar-refractivity contribution is -0.385. The van der Waals surface area contributed by atoms with Crippen molar-refractivity contribution >= 4 is 17.3 Å². The number of nitrogens with one attached hydrogen (secondary N) is 1. The fourth-order valence-electron chi connectivity index (χ4n) is 1.63. The van der Waals surface area contributed by atoms with Crippen LogP contribution in [0.4, 0.5) is 5.69 Å². The van der Waals surface area contributed by atoms with Crippen LogP contribution in [0.2, 0.25) is 5.02 Å². The van der Waals surface area contributed by atoms with Gasteiger partial charge in [0.2, 0.25) is 0 Å². The van der Waals surface area contributed by atoms with Crippen LogP contribution in [0.3, 0.4) is 0 Å². The third-order valence-corrected chi connectivity index (χ3v) is 2.91. The molecule has 0 bridgehead atoms. The van der Waals surface area contributed by atoms with E-state index in [2.05, 4.69) is 11.2 Å². The number of hydrogen-bond donors (Lipinski definition) is 1. The van der Waals surface area contributed by atoms with E-state index < -0.39 is 4.92 Å². The highest BCUT2D eigenvalue weighted by Gasteiger charge is 2.14. The summed E-state index contributed by atoms with van der Waals surface area (Å²) in [5, 5.41) is 14.6. The molecule has 5 heteroatoms. The molecule has 4 nitrogen and oxygen atoms in total. The summed E-state index contributed by atoms with van der Waals surface area (Å²) in [6.45, 7) is 2.40. The summed E-state index contributed by atoms with van der Waals surface area (Å²) in [6, 6.07) is 4.70. The van der Waals surface area contributed by atoms with Crippen LogP contribution in [-0.2, 0) is 6.54 Å². The lowest BCUT2D eigenvalue weighted by atomic mass is 10.1. The maximum absolute atomic E-state index is 10.9. The predicted octanol–water partition coefficient (Wildman–Crippen LogP) is 3.14. The molecule has 1 unspecified atom stereocenters. The van der Waals surface area contributed by atoms with Gasteiger partial charge in [-0.15, -0.1) is 12.3 Å². The summed E-state index contributed by atoms with van der Waals surface area (Å²) in [5.41, 5.74) is 0.644. The lowest BCUT2D eigenvalue weighted by Crippen LogP contribution is -2.27. The van der Waals surface area contributed by atoms with Gasteiger partial charge in [-0.1, -0.05) is 18.5 Å². The Labute approximate surface area is 111 Å². The molecule has 0 aliphatic rings. The Morgan fingerprint density at radius 3 is 2.89 bits per heavy atom. The Morgan fingerprint density at radius 1 is 1.61 bits per heavy atom. The van der Waals surface area contributed by atoms with E-state index in [9.17, 15) is 10.1 Å². The van der Waals surface area contributed by atoms with Crippen molar-refractivity contribution in [3.05, 3.63) is 38.9 Å². The van der Waals surface area contributed by atoms with Crippen LogP contribution in [-0.4, -0.2) is 11.0 Å². The molecular weight excluding hydrogens is 252 g/mol. The van der Waals surface area contributed by atoms with Crippen LogP contribution in [0.1, 0.15) is 25.3 Å². The van der Waals surface area contributed by atoms with Crippen LogP contribution < -0.4 is 5.32 Å². The van der Waals surface area contributed by atoms with Gasteiger partial charge in [-0.05, 0) is 18.6 Å². The largest absolute Gasteiger partial charge is 0.309 e. The molecule has 0 aliphatic heterocycles. The zero-order valence-corrected chi connectivity index (χ0v) is 10.9. The van der Waals surface area contributed by atoms with E-state index in [0.29, 0.717) is 23.6 Å². The highest BCUT2D eigenvalue weighted by Crippen LogP contribution is 2.22. The molecule has 0 amide bonds. The standard InChI is InChI=1S/C13H15ClN2O2/c1-3-5-12(4-2)15-9-10-8-11(14)6-7-13(10)16(17)18/h1,6-8,12,15H,4-5,9H2,2H3. The van der Waals surface area contributed by atoms with Crippen LogP contribution in [0.25, 0.3) is 0 Å². The highest BCUT2D eigenvalue weighted by molar-refractivity contribution is 6.30. The van der Waals surface area contributed by atoms with Crippen molar-refractivity contribution in [2.75, 3.05) is 0 Å². The second kappa shape index (κ2) is 7.00. The minimum Gasteiger partial charge on any atom is -0.309 e. The Hall–Kier alpha value is -1.57. The Morgan fingerprint density at radius 2 is 2.33 bits per heavy atom. The molecule has 0 spiro atoms. The predicted molar refractivity (Wildman–Crippen MR) is 72.5 cm³/mol. The Balaban J connectivity index is 2.80. The van der Waals surface area contributed by atoms with E-state index >= 15 is 0 Å². The van der Waals surface area contributed by atoms with E-state index in [1.807, 2.05) is 6.92 Å². The van der Waals surface area contributed by atoms with Gasteiger partial charge in [0.25, 0.3) is 5.69 Å². The molecule has 0 radical (unpaired) electrons. The molecule has 1 rings (SSSR count). The molecule has 0 fully saturated rings. The smallest absolute Gasteiger partial charge is 0.273 e. The molecule has 0 heterocycles. The third kappa shape index (κ3) is 4.02. The highest BCUT2D eigenvalue weighted by atomic mass is 35.5. The Bertz CT molecular complexity index is 469. The zero-order valence-electron chi connectivity index (χ0n) is 10.1. The summed E-state index contributed by atoms with van der Waals surface area (Å²) >= 11 is 5.85. The molecule has 1 aromatic carbocycles. The normalized spacial score (nSPS) is 11.8. The van der Waals surface area contributed by atoms with Crippen molar-refractivity contribution in [3.63, 3.8) is 0 Å². The first-order valence-corrected chi connectivity index (χ1v) is 6.06. The average molecular weight is 267 g/mol. The van der Waals surface area contributed by atoms with Crippen molar-refractivity contribution in [3.8, 4) is 12.3 Å². The third-order valence-electron chi connectivity index (χ3n) is 2.68. The molecular formula is C13H15ClN2O2. The lowest BCUT2D eigenvalue weighted by Gasteiger charge is -2.14. The first-order chi connectivity index (χ1) is 8.58. The summed E-state index contributed by atoms with van der Waals surface area (Å²) in [4.78, 5) is 10.5. The molecule has 0 saturated heterocycles. The van der Waals surface area contributed by atoms with Gasteiger partial charge in [0.05, 0.1) is 4.92 Å². The van der Waals surface area contributed by atoms with E-state index in [4.69, 9.17) is 18.0 Å². The van der Waals surface area contributed by atoms with Crippen LogP contribution in [0.15, 0.2) is 18.2 Å². The first-order valence-electron chi connectivity index (χ1n) is 5.68. The maximum Gasteiger partial charge on any atom is 0.273 e.